The van der Waals surface area contributed by atoms with E-state index in [-0.39, 0.29) is 5.82 Å². The maximum absolute atomic E-state index is 13.0. The second-order valence-electron chi connectivity index (χ2n) is 4.96. The molecule has 1 unspecified atom stereocenters. The topological polar surface area (TPSA) is 37.8 Å². The summed E-state index contributed by atoms with van der Waals surface area (Å²) in [6.45, 7) is 2.68. The third kappa shape index (κ3) is 3.16. The Hall–Kier alpha value is -1.33. The normalized spacial score (nSPS) is 16.5. The minimum atomic E-state index is -0.182. The zero-order valence-electron chi connectivity index (χ0n) is 10.8. The van der Waals surface area contributed by atoms with Crippen LogP contribution in [0, 0.1) is 18.7 Å². The molecule has 1 aliphatic rings. The lowest BCUT2D eigenvalue weighted by molar-refractivity contribution is 0.477. The van der Waals surface area contributed by atoms with Crippen LogP contribution in [0.2, 0.25) is 0 Å². The summed E-state index contributed by atoms with van der Waals surface area (Å²) in [5.41, 5.74) is 1.16. The number of hydrogen-bond acceptors (Lipinski definition) is 4. The van der Waals surface area contributed by atoms with Crippen LogP contribution in [0.5, 0.6) is 0 Å². The smallest absolute Gasteiger partial charge is 0.131 e. The number of benzene rings is 1. The van der Waals surface area contributed by atoms with Crippen molar-refractivity contribution in [3.05, 3.63) is 45.7 Å². The molecule has 1 aromatic carbocycles. The van der Waals surface area contributed by atoms with Crippen LogP contribution in [-0.4, -0.2) is 10.2 Å². The Morgan fingerprint density at radius 1 is 1.32 bits per heavy atom. The quantitative estimate of drug-likeness (QED) is 0.912. The van der Waals surface area contributed by atoms with Crippen LogP contribution in [-0.2, 0) is 6.54 Å². The van der Waals surface area contributed by atoms with E-state index in [1.807, 2.05) is 19.1 Å². The Balaban J connectivity index is 1.69. The average Bonchev–Trinajstić information content (AvgIpc) is 3.15. The predicted molar refractivity (Wildman–Crippen MR) is 73.4 cm³/mol. The minimum absolute atomic E-state index is 0.182. The van der Waals surface area contributed by atoms with Crippen molar-refractivity contribution in [1.82, 2.24) is 15.5 Å². The molecule has 0 spiro atoms. The first kappa shape index (κ1) is 12.7. The van der Waals surface area contributed by atoms with Gasteiger partial charge >= 0.3 is 0 Å². The van der Waals surface area contributed by atoms with Crippen molar-refractivity contribution in [3.8, 4) is 0 Å². The van der Waals surface area contributed by atoms with Crippen molar-refractivity contribution in [3.63, 3.8) is 0 Å². The van der Waals surface area contributed by atoms with Crippen molar-refractivity contribution < 1.29 is 4.39 Å². The van der Waals surface area contributed by atoms with Crippen LogP contribution in [0.3, 0.4) is 0 Å². The van der Waals surface area contributed by atoms with E-state index in [4.69, 9.17) is 0 Å². The molecule has 1 fully saturated rings. The molecular formula is C14H16FN3S. The standard InChI is InChI=1S/C14H16FN3S/c1-9-17-18-13(19-9)8-16-14(10-2-3-10)11-4-6-12(15)7-5-11/h4-7,10,14,16H,2-3,8H2,1H3. The van der Waals surface area contributed by atoms with Crippen molar-refractivity contribution in [2.24, 2.45) is 5.92 Å². The zero-order valence-corrected chi connectivity index (χ0v) is 11.6. The molecule has 0 amide bonds. The lowest BCUT2D eigenvalue weighted by Gasteiger charge is -2.18. The number of aryl methyl sites for hydroxylation is 1. The Bertz CT molecular complexity index is 548. The van der Waals surface area contributed by atoms with Crippen molar-refractivity contribution in [1.29, 1.82) is 0 Å². The van der Waals surface area contributed by atoms with E-state index in [0.29, 0.717) is 12.0 Å². The molecular weight excluding hydrogens is 261 g/mol. The van der Waals surface area contributed by atoms with Gasteiger partial charge in [-0.2, -0.15) is 0 Å². The monoisotopic (exact) mass is 277 g/mol. The summed E-state index contributed by atoms with van der Waals surface area (Å²) in [5.74, 6) is 0.484. The Labute approximate surface area is 115 Å². The molecule has 3 rings (SSSR count). The van der Waals surface area contributed by atoms with Gasteiger partial charge < -0.3 is 5.32 Å². The Kier molecular flexibility index (Phi) is 3.57. The molecule has 1 aliphatic carbocycles. The summed E-state index contributed by atoms with van der Waals surface area (Å²) < 4.78 is 13.0. The lowest BCUT2D eigenvalue weighted by Crippen LogP contribution is -2.22. The van der Waals surface area contributed by atoms with Crippen molar-refractivity contribution >= 4 is 11.3 Å². The number of nitrogens with one attached hydrogen (secondary N) is 1. The molecule has 1 atom stereocenters. The molecule has 5 heteroatoms. The fourth-order valence-electron chi connectivity index (χ4n) is 2.26. The number of halogens is 1. The molecule has 1 N–H and O–H groups in total. The molecule has 1 heterocycles. The third-order valence-corrected chi connectivity index (χ3v) is 4.20. The second kappa shape index (κ2) is 5.35. The van der Waals surface area contributed by atoms with Gasteiger partial charge in [-0.15, -0.1) is 21.5 Å². The number of aromatic nitrogens is 2. The van der Waals surface area contributed by atoms with Gasteiger partial charge in [0.2, 0.25) is 0 Å². The van der Waals surface area contributed by atoms with Gasteiger partial charge in [0.25, 0.3) is 0 Å². The highest BCUT2D eigenvalue weighted by Crippen LogP contribution is 2.41. The van der Waals surface area contributed by atoms with Crippen LogP contribution < -0.4 is 5.32 Å². The summed E-state index contributed by atoms with van der Waals surface area (Å²) in [5, 5.41) is 13.7. The SMILES string of the molecule is Cc1nnc(CNC(c2ccc(F)cc2)C2CC2)s1. The van der Waals surface area contributed by atoms with Crippen molar-refractivity contribution in [2.45, 2.75) is 32.4 Å². The molecule has 0 saturated heterocycles. The van der Waals surface area contributed by atoms with E-state index in [1.165, 1.54) is 25.0 Å². The maximum atomic E-state index is 13.0. The minimum Gasteiger partial charge on any atom is -0.303 e. The third-order valence-electron chi connectivity index (χ3n) is 3.36. The second-order valence-corrected chi connectivity index (χ2v) is 6.23. The molecule has 3 nitrogen and oxygen atoms in total. The summed E-state index contributed by atoms with van der Waals surface area (Å²) in [7, 11) is 0. The van der Waals surface area contributed by atoms with E-state index in [1.54, 1.807) is 11.3 Å². The van der Waals surface area contributed by atoms with Gasteiger partial charge in [-0.05, 0) is 43.4 Å². The Morgan fingerprint density at radius 3 is 2.63 bits per heavy atom. The molecule has 2 aromatic rings. The largest absolute Gasteiger partial charge is 0.303 e. The number of nitrogens with zero attached hydrogens (tertiary/aromatic N) is 2. The Morgan fingerprint density at radius 2 is 2.05 bits per heavy atom. The molecule has 0 bridgehead atoms. The van der Waals surface area contributed by atoms with E-state index < -0.39 is 0 Å². The maximum Gasteiger partial charge on any atom is 0.131 e. The van der Waals surface area contributed by atoms with Gasteiger partial charge in [0.05, 0.1) is 6.54 Å². The molecule has 1 aromatic heterocycles. The lowest BCUT2D eigenvalue weighted by atomic mass is 10.0. The highest BCUT2D eigenvalue weighted by atomic mass is 32.1. The highest BCUT2D eigenvalue weighted by Gasteiger charge is 2.32. The van der Waals surface area contributed by atoms with Crippen LogP contribution in [0.4, 0.5) is 4.39 Å². The molecule has 0 radical (unpaired) electrons. The first-order valence-corrected chi connectivity index (χ1v) is 7.32. The average molecular weight is 277 g/mol. The van der Waals surface area contributed by atoms with Crippen LogP contribution in [0.25, 0.3) is 0 Å². The fraction of sp³-hybridized carbons (Fsp3) is 0.429. The number of hydrogen-bond donors (Lipinski definition) is 1. The van der Waals surface area contributed by atoms with Gasteiger partial charge in [-0.25, -0.2) is 4.39 Å². The molecule has 0 aliphatic heterocycles. The molecule has 100 valence electrons. The highest BCUT2D eigenvalue weighted by molar-refractivity contribution is 7.11. The van der Waals surface area contributed by atoms with Crippen molar-refractivity contribution in [2.75, 3.05) is 0 Å². The fourth-order valence-corrected chi connectivity index (χ4v) is 2.92. The molecule has 19 heavy (non-hydrogen) atoms. The molecule has 1 saturated carbocycles. The van der Waals surface area contributed by atoms with Crippen LogP contribution >= 0.6 is 11.3 Å². The van der Waals surface area contributed by atoms with Crippen LogP contribution in [0.15, 0.2) is 24.3 Å². The summed E-state index contributed by atoms with van der Waals surface area (Å²) in [6, 6.07) is 7.10. The van der Waals surface area contributed by atoms with E-state index in [9.17, 15) is 4.39 Å². The summed E-state index contributed by atoms with van der Waals surface area (Å²) >= 11 is 1.61. The zero-order chi connectivity index (χ0) is 13.2. The van der Waals surface area contributed by atoms with Gasteiger partial charge in [-0.1, -0.05) is 12.1 Å². The van der Waals surface area contributed by atoms with E-state index in [2.05, 4.69) is 15.5 Å². The summed E-state index contributed by atoms with van der Waals surface area (Å²) in [4.78, 5) is 0. The van der Waals surface area contributed by atoms with Gasteiger partial charge in [0.1, 0.15) is 15.8 Å². The first-order chi connectivity index (χ1) is 9.22. The van der Waals surface area contributed by atoms with E-state index >= 15 is 0 Å². The van der Waals surface area contributed by atoms with Gasteiger partial charge in [0.15, 0.2) is 0 Å². The van der Waals surface area contributed by atoms with Gasteiger partial charge in [0, 0.05) is 6.04 Å². The number of rotatable bonds is 5. The summed E-state index contributed by atoms with van der Waals surface area (Å²) in [6.07, 6.45) is 2.48. The first-order valence-electron chi connectivity index (χ1n) is 6.50. The van der Waals surface area contributed by atoms with Gasteiger partial charge in [-0.3, -0.25) is 0 Å². The van der Waals surface area contributed by atoms with Crippen LogP contribution in [0.1, 0.15) is 34.5 Å². The van der Waals surface area contributed by atoms with E-state index in [0.717, 1.165) is 22.1 Å². The predicted octanol–water partition coefficient (Wildman–Crippen LogP) is 3.23.